The van der Waals surface area contributed by atoms with Gasteiger partial charge in [-0.25, -0.2) is 9.69 Å². The van der Waals surface area contributed by atoms with Gasteiger partial charge < -0.3 is 14.8 Å². The van der Waals surface area contributed by atoms with Crippen LogP contribution in [0.5, 0.6) is 11.5 Å². The van der Waals surface area contributed by atoms with E-state index < -0.39 is 5.54 Å². The maximum absolute atomic E-state index is 13.5. The number of ether oxygens (including phenoxy) is 2. The Morgan fingerprint density at radius 2 is 1.67 bits per heavy atom. The minimum atomic E-state index is -0.964. The summed E-state index contributed by atoms with van der Waals surface area (Å²) in [6, 6.07) is 15.4. The van der Waals surface area contributed by atoms with Gasteiger partial charge in [0.25, 0.3) is 5.91 Å². The molecule has 174 valence electrons. The number of carbonyl (C=O) groups excluding carboxylic acids is 2. The molecule has 2 saturated heterocycles. The normalized spacial score (nSPS) is 23.2. The van der Waals surface area contributed by atoms with Gasteiger partial charge in [0, 0.05) is 32.7 Å². The first-order valence-corrected chi connectivity index (χ1v) is 11.6. The number of fused-ring (bicyclic) bond motifs is 1. The van der Waals surface area contributed by atoms with E-state index in [1.165, 1.54) is 10.5 Å². The molecule has 0 aliphatic carbocycles. The lowest BCUT2D eigenvalue weighted by Crippen LogP contribution is -2.51. The highest BCUT2D eigenvalue weighted by Crippen LogP contribution is 2.34. The Kier molecular flexibility index (Phi) is 5.95. The lowest BCUT2D eigenvalue weighted by molar-refractivity contribution is -0.133. The van der Waals surface area contributed by atoms with Crippen molar-refractivity contribution in [3.8, 4) is 11.5 Å². The van der Waals surface area contributed by atoms with Gasteiger partial charge in [-0.05, 0) is 29.7 Å². The number of hydrogen-bond acceptors (Lipinski definition) is 6. The number of imide groups is 1. The van der Waals surface area contributed by atoms with Crippen molar-refractivity contribution in [3.05, 3.63) is 59.7 Å². The zero-order valence-corrected chi connectivity index (χ0v) is 19.0. The monoisotopic (exact) mass is 450 g/mol. The van der Waals surface area contributed by atoms with Crippen molar-refractivity contribution in [2.24, 2.45) is 0 Å². The van der Waals surface area contributed by atoms with Crippen molar-refractivity contribution in [2.45, 2.75) is 31.8 Å². The molecule has 3 heterocycles. The fourth-order valence-corrected chi connectivity index (χ4v) is 4.95. The highest BCUT2D eigenvalue weighted by Gasteiger charge is 2.52. The van der Waals surface area contributed by atoms with Crippen LogP contribution in [0.15, 0.2) is 48.5 Å². The Bertz CT molecular complexity index is 1020. The van der Waals surface area contributed by atoms with Crippen molar-refractivity contribution < 1.29 is 19.1 Å². The minimum Gasteiger partial charge on any atom is -0.454 e. The molecular formula is C25H30N4O4. The molecule has 8 heteroatoms. The fraction of sp³-hybridized carbons (Fsp3) is 0.440. The number of nitrogens with one attached hydrogen (secondary N) is 1. The van der Waals surface area contributed by atoms with E-state index in [1.54, 1.807) is 0 Å². The van der Waals surface area contributed by atoms with Crippen LogP contribution in [0.2, 0.25) is 0 Å². The molecular weight excluding hydrogens is 420 g/mol. The quantitative estimate of drug-likeness (QED) is 0.654. The second-order valence-electron chi connectivity index (χ2n) is 8.91. The molecule has 3 aliphatic rings. The topological polar surface area (TPSA) is 74.4 Å². The van der Waals surface area contributed by atoms with Gasteiger partial charge in [-0.15, -0.1) is 0 Å². The largest absolute Gasteiger partial charge is 0.454 e. The van der Waals surface area contributed by atoms with Crippen LogP contribution < -0.4 is 14.8 Å². The molecule has 0 saturated carbocycles. The SMILES string of the molecule is CCCC1(c2ccccc2)NC(=O)N(CN2CCN(Cc3ccc4c(c3)OCO4)CC2)C1=O. The molecule has 2 aromatic carbocycles. The Morgan fingerprint density at radius 3 is 2.42 bits per heavy atom. The van der Waals surface area contributed by atoms with Crippen LogP contribution >= 0.6 is 0 Å². The number of piperazine rings is 1. The number of rotatable bonds is 7. The van der Waals surface area contributed by atoms with Gasteiger partial charge in [-0.1, -0.05) is 49.7 Å². The molecule has 3 aliphatic heterocycles. The summed E-state index contributed by atoms with van der Waals surface area (Å²) in [6.45, 7) is 6.81. The summed E-state index contributed by atoms with van der Waals surface area (Å²) in [6.07, 6.45) is 1.38. The number of carbonyl (C=O) groups is 2. The molecule has 0 radical (unpaired) electrons. The summed E-state index contributed by atoms with van der Waals surface area (Å²) in [4.78, 5) is 32.3. The molecule has 0 spiro atoms. The standard InChI is InChI=1S/C25H30N4O4/c1-2-10-25(20-6-4-3-5-7-20)23(30)29(24(31)26-25)17-28-13-11-27(12-14-28)16-19-8-9-21-22(15-19)33-18-32-21/h3-9,15H,2,10-14,16-18H2,1H3,(H,26,31). The first-order chi connectivity index (χ1) is 16.1. The van der Waals surface area contributed by atoms with Crippen molar-refractivity contribution in [1.82, 2.24) is 20.0 Å². The van der Waals surface area contributed by atoms with Gasteiger partial charge in [0.1, 0.15) is 5.54 Å². The van der Waals surface area contributed by atoms with Gasteiger partial charge in [0.2, 0.25) is 6.79 Å². The number of urea groups is 1. The second kappa shape index (κ2) is 9.03. The van der Waals surface area contributed by atoms with E-state index in [0.717, 1.165) is 56.2 Å². The molecule has 2 fully saturated rings. The van der Waals surface area contributed by atoms with E-state index in [2.05, 4.69) is 21.2 Å². The summed E-state index contributed by atoms with van der Waals surface area (Å²) in [5.74, 6) is 1.45. The number of nitrogens with zero attached hydrogens (tertiary/aromatic N) is 3. The molecule has 8 nitrogen and oxygen atoms in total. The third-order valence-corrected chi connectivity index (χ3v) is 6.72. The van der Waals surface area contributed by atoms with E-state index in [0.29, 0.717) is 13.1 Å². The molecule has 1 unspecified atom stereocenters. The molecule has 1 N–H and O–H groups in total. The lowest BCUT2D eigenvalue weighted by atomic mass is 9.85. The second-order valence-corrected chi connectivity index (χ2v) is 8.91. The predicted molar refractivity (Wildman–Crippen MR) is 123 cm³/mol. The van der Waals surface area contributed by atoms with Crippen LogP contribution in [0.4, 0.5) is 4.79 Å². The summed E-state index contributed by atoms with van der Waals surface area (Å²) in [5, 5.41) is 3.01. The highest BCUT2D eigenvalue weighted by molar-refractivity contribution is 6.07. The Labute approximate surface area is 194 Å². The minimum absolute atomic E-state index is 0.150. The molecule has 5 rings (SSSR count). The zero-order chi connectivity index (χ0) is 22.8. The average molecular weight is 451 g/mol. The van der Waals surface area contributed by atoms with E-state index in [9.17, 15) is 9.59 Å². The summed E-state index contributed by atoms with van der Waals surface area (Å²) in [7, 11) is 0. The highest BCUT2D eigenvalue weighted by atomic mass is 16.7. The van der Waals surface area contributed by atoms with Crippen LogP contribution in [0.3, 0.4) is 0 Å². The third-order valence-electron chi connectivity index (χ3n) is 6.72. The van der Waals surface area contributed by atoms with Gasteiger partial charge >= 0.3 is 6.03 Å². The Hall–Kier alpha value is -3.10. The Balaban J connectivity index is 1.20. The van der Waals surface area contributed by atoms with Crippen molar-refractivity contribution >= 4 is 11.9 Å². The third kappa shape index (κ3) is 4.16. The molecule has 1 atom stereocenters. The van der Waals surface area contributed by atoms with Gasteiger partial charge in [0.15, 0.2) is 11.5 Å². The zero-order valence-electron chi connectivity index (χ0n) is 19.0. The van der Waals surface area contributed by atoms with Gasteiger partial charge in [0.05, 0.1) is 6.67 Å². The first-order valence-electron chi connectivity index (χ1n) is 11.6. The van der Waals surface area contributed by atoms with Crippen LogP contribution in [-0.2, 0) is 16.9 Å². The molecule has 33 heavy (non-hydrogen) atoms. The van der Waals surface area contributed by atoms with E-state index in [4.69, 9.17) is 9.47 Å². The fourth-order valence-electron chi connectivity index (χ4n) is 4.95. The smallest absolute Gasteiger partial charge is 0.326 e. The Morgan fingerprint density at radius 1 is 0.939 bits per heavy atom. The van der Waals surface area contributed by atoms with Crippen LogP contribution in [-0.4, -0.2) is 66.3 Å². The maximum Gasteiger partial charge on any atom is 0.326 e. The van der Waals surface area contributed by atoms with Gasteiger partial charge in [-0.3, -0.25) is 14.6 Å². The predicted octanol–water partition coefficient (Wildman–Crippen LogP) is 2.74. The van der Waals surface area contributed by atoms with E-state index in [-0.39, 0.29) is 18.7 Å². The van der Waals surface area contributed by atoms with Crippen molar-refractivity contribution in [3.63, 3.8) is 0 Å². The molecule has 0 bridgehead atoms. The van der Waals surface area contributed by atoms with Crippen LogP contribution in [0.25, 0.3) is 0 Å². The number of amides is 3. The molecule has 3 amide bonds. The molecule has 2 aromatic rings. The maximum atomic E-state index is 13.5. The van der Waals surface area contributed by atoms with E-state index >= 15 is 0 Å². The van der Waals surface area contributed by atoms with Crippen LogP contribution in [0, 0.1) is 0 Å². The van der Waals surface area contributed by atoms with E-state index in [1.807, 2.05) is 49.4 Å². The summed E-state index contributed by atoms with van der Waals surface area (Å²) >= 11 is 0. The summed E-state index contributed by atoms with van der Waals surface area (Å²) < 4.78 is 10.9. The summed E-state index contributed by atoms with van der Waals surface area (Å²) in [5.41, 5.74) is 1.07. The van der Waals surface area contributed by atoms with Crippen LogP contribution in [0.1, 0.15) is 30.9 Å². The molecule has 0 aromatic heterocycles. The number of hydrogen-bond donors (Lipinski definition) is 1. The average Bonchev–Trinajstić information content (AvgIpc) is 3.39. The van der Waals surface area contributed by atoms with Crippen molar-refractivity contribution in [2.75, 3.05) is 39.6 Å². The first kappa shape index (κ1) is 21.7. The number of benzene rings is 2. The van der Waals surface area contributed by atoms with Gasteiger partial charge in [-0.2, -0.15) is 0 Å². The van der Waals surface area contributed by atoms with Crippen molar-refractivity contribution in [1.29, 1.82) is 0 Å². The lowest BCUT2D eigenvalue weighted by Gasteiger charge is -2.36.